The number of aromatic nitrogens is 2. The molecule has 0 saturated carbocycles. The Kier molecular flexibility index (Phi) is 5.06. The molecule has 7 heteroatoms. The number of rotatable bonds is 5. The average molecular weight is 387 g/mol. The lowest BCUT2D eigenvalue weighted by Gasteiger charge is -2.11. The lowest BCUT2D eigenvalue weighted by Crippen LogP contribution is -2.15. The van der Waals surface area contributed by atoms with E-state index in [0.717, 1.165) is 5.56 Å². The van der Waals surface area contributed by atoms with Gasteiger partial charge >= 0.3 is 0 Å². The molecule has 0 bridgehead atoms. The number of nitrogens with zero attached hydrogens (tertiary/aromatic N) is 2. The molecule has 5 nitrogen and oxygen atoms in total. The minimum atomic E-state index is -3.81. The van der Waals surface area contributed by atoms with Crippen molar-refractivity contribution in [2.75, 3.05) is 4.72 Å². The third-order valence-corrected chi connectivity index (χ3v) is 6.03. The first kappa shape index (κ1) is 19.1. The molecule has 1 heterocycles. The number of anilines is 1. The van der Waals surface area contributed by atoms with E-state index in [0.29, 0.717) is 28.7 Å². The summed E-state index contributed by atoms with van der Waals surface area (Å²) in [7, 11) is -3.81. The number of hydrogen-bond donors (Lipinski definition) is 1. The number of benzene rings is 2. The van der Waals surface area contributed by atoms with Gasteiger partial charge in [-0.25, -0.2) is 17.5 Å². The summed E-state index contributed by atoms with van der Waals surface area (Å²) in [5.74, 6) is 0.00808. The summed E-state index contributed by atoms with van der Waals surface area (Å²) in [6.07, 6.45) is 0. The Labute approximate surface area is 158 Å². The second-order valence-electron chi connectivity index (χ2n) is 6.77. The Morgan fingerprint density at radius 3 is 2.15 bits per heavy atom. The smallest absolute Gasteiger partial charge is 0.265 e. The first-order valence-electron chi connectivity index (χ1n) is 8.64. The Morgan fingerprint density at radius 1 is 1.00 bits per heavy atom. The Bertz CT molecular complexity index is 1050. The van der Waals surface area contributed by atoms with E-state index in [2.05, 4.69) is 23.7 Å². The van der Waals surface area contributed by atoms with Crippen molar-refractivity contribution in [1.29, 1.82) is 0 Å². The number of halogens is 1. The normalized spacial score (nSPS) is 11.8. The van der Waals surface area contributed by atoms with Crippen LogP contribution in [-0.4, -0.2) is 18.2 Å². The lowest BCUT2D eigenvalue weighted by atomic mass is 10.0. The van der Waals surface area contributed by atoms with Gasteiger partial charge in [0.1, 0.15) is 10.7 Å². The monoisotopic (exact) mass is 387 g/mol. The van der Waals surface area contributed by atoms with Crippen molar-refractivity contribution in [1.82, 2.24) is 9.78 Å². The quantitative estimate of drug-likeness (QED) is 0.698. The van der Waals surface area contributed by atoms with E-state index in [1.807, 2.05) is 12.1 Å². The predicted octanol–water partition coefficient (Wildman–Crippen LogP) is 4.55. The van der Waals surface area contributed by atoms with Gasteiger partial charge in [-0.05, 0) is 61.7 Å². The minimum absolute atomic E-state index is 0.125. The van der Waals surface area contributed by atoms with Crippen LogP contribution in [0.2, 0.25) is 0 Å². The number of aryl methyl sites for hydroxylation is 1. The molecule has 142 valence electrons. The van der Waals surface area contributed by atoms with Crippen LogP contribution in [0.4, 0.5) is 10.1 Å². The maximum absolute atomic E-state index is 13.2. The van der Waals surface area contributed by atoms with E-state index in [9.17, 15) is 12.8 Å². The highest BCUT2D eigenvalue weighted by Crippen LogP contribution is 2.26. The van der Waals surface area contributed by atoms with Crippen LogP contribution in [0.3, 0.4) is 0 Å². The first-order valence-corrected chi connectivity index (χ1v) is 10.1. The van der Waals surface area contributed by atoms with Crippen LogP contribution >= 0.6 is 0 Å². The summed E-state index contributed by atoms with van der Waals surface area (Å²) >= 11 is 0. The summed E-state index contributed by atoms with van der Waals surface area (Å²) in [6.45, 7) is 7.48. The van der Waals surface area contributed by atoms with E-state index in [-0.39, 0.29) is 10.7 Å². The fourth-order valence-corrected chi connectivity index (χ4v) is 4.45. The zero-order chi connectivity index (χ0) is 19.8. The van der Waals surface area contributed by atoms with E-state index < -0.39 is 10.0 Å². The Morgan fingerprint density at radius 2 is 1.59 bits per heavy atom. The molecule has 0 aliphatic carbocycles. The molecule has 0 aliphatic heterocycles. The molecule has 0 fully saturated rings. The Hall–Kier alpha value is -2.67. The number of hydrogen-bond acceptors (Lipinski definition) is 3. The van der Waals surface area contributed by atoms with Crippen molar-refractivity contribution in [3.05, 3.63) is 71.3 Å². The second-order valence-corrected chi connectivity index (χ2v) is 8.39. The van der Waals surface area contributed by atoms with E-state index in [1.165, 1.54) is 16.8 Å². The summed E-state index contributed by atoms with van der Waals surface area (Å²) in [4.78, 5) is 0.125. The van der Waals surface area contributed by atoms with Gasteiger partial charge in [0.05, 0.1) is 17.1 Å². The van der Waals surface area contributed by atoms with Gasteiger partial charge in [-0.2, -0.15) is 5.10 Å². The van der Waals surface area contributed by atoms with Gasteiger partial charge in [0.2, 0.25) is 0 Å². The van der Waals surface area contributed by atoms with Crippen LogP contribution in [0.25, 0.3) is 5.69 Å². The molecule has 0 spiro atoms. The molecule has 0 saturated heterocycles. The summed E-state index contributed by atoms with van der Waals surface area (Å²) in [5, 5.41) is 4.33. The van der Waals surface area contributed by atoms with Gasteiger partial charge in [-0.3, -0.25) is 4.72 Å². The van der Waals surface area contributed by atoms with E-state index in [4.69, 9.17) is 0 Å². The third-order valence-electron chi connectivity index (χ3n) is 4.39. The molecule has 1 N–H and O–H groups in total. The van der Waals surface area contributed by atoms with Crippen molar-refractivity contribution in [2.45, 2.75) is 38.5 Å². The topological polar surface area (TPSA) is 64.0 Å². The maximum Gasteiger partial charge on any atom is 0.265 e. The average Bonchev–Trinajstić information content (AvgIpc) is 2.91. The van der Waals surface area contributed by atoms with E-state index in [1.54, 1.807) is 38.1 Å². The summed E-state index contributed by atoms with van der Waals surface area (Å²) < 4.78 is 43.2. The molecule has 0 aliphatic rings. The standard InChI is InChI=1S/C20H22FN3O2S/c1-13(2)16-5-9-18(10-6-16)23-27(25,26)20-14(3)22-24(15(20)4)19-11-7-17(21)8-12-19/h5-13,23H,1-4H3. The summed E-state index contributed by atoms with van der Waals surface area (Å²) in [5.41, 5.74) is 3.07. The third kappa shape index (κ3) is 3.88. The minimum Gasteiger partial charge on any atom is -0.280 e. The molecule has 1 aromatic heterocycles. The number of nitrogens with one attached hydrogen (secondary N) is 1. The molecule has 2 aromatic carbocycles. The van der Waals surface area contributed by atoms with Gasteiger partial charge in [0, 0.05) is 5.69 Å². The van der Waals surface area contributed by atoms with Crippen LogP contribution in [0, 0.1) is 19.7 Å². The van der Waals surface area contributed by atoms with E-state index >= 15 is 0 Å². The zero-order valence-electron chi connectivity index (χ0n) is 15.7. The summed E-state index contributed by atoms with van der Waals surface area (Å²) in [6, 6.07) is 13.1. The Balaban J connectivity index is 1.96. The van der Waals surface area contributed by atoms with Gasteiger partial charge in [0.15, 0.2) is 0 Å². The van der Waals surface area contributed by atoms with Gasteiger partial charge < -0.3 is 0 Å². The van der Waals surface area contributed by atoms with Crippen molar-refractivity contribution in [3.63, 3.8) is 0 Å². The molecule has 0 radical (unpaired) electrons. The van der Waals surface area contributed by atoms with Gasteiger partial charge in [-0.1, -0.05) is 26.0 Å². The first-order chi connectivity index (χ1) is 12.7. The molecule has 0 unspecified atom stereocenters. The SMILES string of the molecule is Cc1nn(-c2ccc(F)cc2)c(C)c1S(=O)(=O)Nc1ccc(C(C)C)cc1. The number of sulfonamides is 1. The lowest BCUT2D eigenvalue weighted by molar-refractivity contribution is 0.600. The van der Waals surface area contributed by atoms with Crippen LogP contribution in [0.5, 0.6) is 0 Å². The fourth-order valence-electron chi connectivity index (χ4n) is 2.99. The molecule has 27 heavy (non-hydrogen) atoms. The highest BCUT2D eigenvalue weighted by molar-refractivity contribution is 7.92. The molecular formula is C20H22FN3O2S. The zero-order valence-corrected chi connectivity index (χ0v) is 16.5. The van der Waals surface area contributed by atoms with Crippen LogP contribution < -0.4 is 4.72 Å². The van der Waals surface area contributed by atoms with Crippen molar-refractivity contribution in [3.8, 4) is 5.69 Å². The predicted molar refractivity (Wildman–Crippen MR) is 104 cm³/mol. The highest BCUT2D eigenvalue weighted by Gasteiger charge is 2.25. The van der Waals surface area contributed by atoms with Crippen molar-refractivity contribution >= 4 is 15.7 Å². The molecule has 0 atom stereocenters. The van der Waals surface area contributed by atoms with Gasteiger partial charge in [0.25, 0.3) is 10.0 Å². The van der Waals surface area contributed by atoms with Crippen molar-refractivity contribution < 1.29 is 12.8 Å². The van der Waals surface area contributed by atoms with Crippen LogP contribution in [0.1, 0.15) is 36.7 Å². The van der Waals surface area contributed by atoms with Crippen LogP contribution in [0.15, 0.2) is 53.4 Å². The maximum atomic E-state index is 13.2. The van der Waals surface area contributed by atoms with Crippen LogP contribution in [-0.2, 0) is 10.0 Å². The molecule has 0 amide bonds. The fraction of sp³-hybridized carbons (Fsp3) is 0.250. The largest absolute Gasteiger partial charge is 0.280 e. The van der Waals surface area contributed by atoms with Crippen molar-refractivity contribution in [2.24, 2.45) is 0 Å². The molecule has 3 aromatic rings. The van der Waals surface area contributed by atoms with Gasteiger partial charge in [-0.15, -0.1) is 0 Å². The molecular weight excluding hydrogens is 365 g/mol. The second kappa shape index (κ2) is 7.15. The molecule has 3 rings (SSSR count). The highest BCUT2D eigenvalue weighted by atomic mass is 32.2.